The smallest absolute Gasteiger partial charge is 0.254 e. The van der Waals surface area contributed by atoms with Crippen molar-refractivity contribution in [3.05, 3.63) is 24.3 Å². The second-order valence-electron chi connectivity index (χ2n) is 3.95. The molecule has 1 N–H and O–H groups in total. The van der Waals surface area contributed by atoms with Gasteiger partial charge in [-0.05, 0) is 19.1 Å². The molecule has 2 aromatic rings. The second-order valence-corrected chi connectivity index (χ2v) is 6.21. The van der Waals surface area contributed by atoms with Crippen LogP contribution < -0.4 is 5.43 Å². The van der Waals surface area contributed by atoms with E-state index in [2.05, 4.69) is 15.5 Å². The van der Waals surface area contributed by atoms with Crippen molar-refractivity contribution < 1.29 is 4.79 Å². The highest BCUT2D eigenvalue weighted by molar-refractivity contribution is 8.01. The molecule has 1 heterocycles. The maximum Gasteiger partial charge on any atom is 0.254 e. The van der Waals surface area contributed by atoms with E-state index in [1.165, 1.54) is 0 Å². The lowest BCUT2D eigenvalue weighted by Crippen LogP contribution is -2.18. The summed E-state index contributed by atoms with van der Waals surface area (Å²) in [6, 6.07) is 9.75. The van der Waals surface area contributed by atoms with E-state index < -0.39 is 5.91 Å². The summed E-state index contributed by atoms with van der Waals surface area (Å²) >= 11 is 3.22. The molecule has 1 amide bonds. The largest absolute Gasteiger partial charge is 0.272 e. The van der Waals surface area contributed by atoms with Gasteiger partial charge in [0.15, 0.2) is 4.34 Å². The van der Waals surface area contributed by atoms with Gasteiger partial charge in [-0.3, -0.25) is 4.79 Å². The third kappa shape index (κ3) is 4.05. The molecule has 2 rings (SSSR count). The van der Waals surface area contributed by atoms with Gasteiger partial charge in [0.1, 0.15) is 6.42 Å². The summed E-state index contributed by atoms with van der Waals surface area (Å²) in [4.78, 5) is 15.6. The topological polar surface area (TPSA) is 78.1 Å². The Morgan fingerprint density at radius 2 is 2.35 bits per heavy atom. The molecule has 0 unspecified atom stereocenters. The maximum absolute atomic E-state index is 11.1. The Bertz CT molecular complexity index is 654. The van der Waals surface area contributed by atoms with Gasteiger partial charge >= 0.3 is 0 Å². The van der Waals surface area contributed by atoms with Crippen molar-refractivity contribution in [1.82, 2.24) is 10.4 Å². The Balaban J connectivity index is 1.89. The van der Waals surface area contributed by atoms with Gasteiger partial charge in [0.2, 0.25) is 0 Å². The zero-order chi connectivity index (χ0) is 14.4. The minimum Gasteiger partial charge on any atom is -0.272 e. The van der Waals surface area contributed by atoms with Gasteiger partial charge in [0.05, 0.1) is 16.3 Å². The number of carbonyl (C=O) groups is 1. The molecule has 1 aromatic carbocycles. The lowest BCUT2D eigenvalue weighted by atomic mass is 10.3. The van der Waals surface area contributed by atoms with Crippen molar-refractivity contribution in [3.8, 4) is 6.07 Å². The number of nitriles is 1. The Labute approximate surface area is 124 Å². The number of nitrogens with zero attached hydrogens (tertiary/aromatic N) is 3. The molecule has 0 aliphatic heterocycles. The van der Waals surface area contributed by atoms with Crippen molar-refractivity contribution >= 4 is 44.9 Å². The Kier molecular flexibility index (Phi) is 5.09. The van der Waals surface area contributed by atoms with Crippen LogP contribution in [0.25, 0.3) is 10.2 Å². The average molecular weight is 304 g/mol. The number of rotatable bonds is 5. The van der Waals surface area contributed by atoms with E-state index in [0.29, 0.717) is 5.75 Å². The molecule has 20 heavy (non-hydrogen) atoms. The van der Waals surface area contributed by atoms with Crippen molar-refractivity contribution in [2.75, 3.05) is 5.75 Å². The molecule has 7 heteroatoms. The second kappa shape index (κ2) is 7.03. The number of para-hydroxylation sites is 1. The van der Waals surface area contributed by atoms with E-state index in [4.69, 9.17) is 5.26 Å². The number of aromatic nitrogens is 1. The monoisotopic (exact) mass is 304 g/mol. The van der Waals surface area contributed by atoms with Crippen LogP contribution in [-0.2, 0) is 4.79 Å². The Morgan fingerprint density at radius 3 is 3.10 bits per heavy atom. The molecule has 0 aliphatic rings. The highest BCUT2D eigenvalue weighted by Gasteiger charge is 2.04. The first-order valence-electron chi connectivity index (χ1n) is 5.86. The van der Waals surface area contributed by atoms with Crippen molar-refractivity contribution in [3.63, 3.8) is 0 Å². The number of hydrogen-bond donors (Lipinski definition) is 1. The lowest BCUT2D eigenvalue weighted by Gasteiger charge is -1.99. The molecule has 0 saturated carbocycles. The number of benzene rings is 1. The standard InChI is InChI=1S/C13H12N4OS2/c1-9(16-17-12(18)6-7-14)8-19-13-15-10-4-2-3-5-11(10)20-13/h2-5H,6,8H2,1H3,(H,17,18)/b16-9+. The Hall–Kier alpha value is -1.91. The number of carbonyl (C=O) groups excluding carboxylic acids is 1. The predicted octanol–water partition coefficient (Wildman–Crippen LogP) is 2.79. The maximum atomic E-state index is 11.1. The van der Waals surface area contributed by atoms with E-state index in [0.717, 1.165) is 20.3 Å². The molecular formula is C13H12N4OS2. The van der Waals surface area contributed by atoms with Gasteiger partial charge in [-0.15, -0.1) is 11.3 Å². The number of thioether (sulfide) groups is 1. The normalized spacial score (nSPS) is 11.3. The molecule has 0 aliphatic carbocycles. The molecule has 0 saturated heterocycles. The third-order valence-electron chi connectivity index (χ3n) is 2.29. The van der Waals surface area contributed by atoms with Gasteiger partial charge in [-0.1, -0.05) is 23.9 Å². The fourth-order valence-electron chi connectivity index (χ4n) is 1.38. The van der Waals surface area contributed by atoms with Crippen LogP contribution in [-0.4, -0.2) is 22.4 Å². The fourth-order valence-corrected chi connectivity index (χ4v) is 3.32. The molecule has 0 spiro atoms. The van der Waals surface area contributed by atoms with Crippen LogP contribution in [0.3, 0.4) is 0 Å². The number of nitrogens with one attached hydrogen (secondary N) is 1. The van der Waals surface area contributed by atoms with E-state index in [1.54, 1.807) is 29.2 Å². The molecular weight excluding hydrogens is 292 g/mol. The van der Waals surface area contributed by atoms with Gasteiger partial charge in [-0.25, -0.2) is 10.4 Å². The third-order valence-corrected chi connectivity index (χ3v) is 4.62. The molecule has 1 aromatic heterocycles. The van der Waals surface area contributed by atoms with Crippen LogP contribution >= 0.6 is 23.1 Å². The zero-order valence-corrected chi connectivity index (χ0v) is 12.4. The summed E-state index contributed by atoms with van der Waals surface area (Å²) < 4.78 is 2.14. The molecule has 102 valence electrons. The summed E-state index contributed by atoms with van der Waals surface area (Å²) in [6.45, 7) is 1.83. The van der Waals surface area contributed by atoms with Gasteiger partial charge in [0, 0.05) is 11.5 Å². The number of hydrogen-bond acceptors (Lipinski definition) is 6. The highest BCUT2D eigenvalue weighted by Crippen LogP contribution is 2.29. The van der Waals surface area contributed by atoms with Gasteiger partial charge in [0.25, 0.3) is 5.91 Å². The summed E-state index contributed by atoms with van der Waals surface area (Å²) in [7, 11) is 0. The van der Waals surface area contributed by atoms with Crippen molar-refractivity contribution in [2.45, 2.75) is 17.7 Å². The van der Waals surface area contributed by atoms with Gasteiger partial charge < -0.3 is 0 Å². The van der Waals surface area contributed by atoms with E-state index in [1.807, 2.05) is 31.2 Å². The fraction of sp³-hybridized carbons (Fsp3) is 0.231. The van der Waals surface area contributed by atoms with Crippen LogP contribution in [0.5, 0.6) is 0 Å². The van der Waals surface area contributed by atoms with Crippen LogP contribution in [0.1, 0.15) is 13.3 Å². The lowest BCUT2D eigenvalue weighted by molar-refractivity contribution is -0.120. The number of hydrazone groups is 1. The number of amides is 1. The average Bonchev–Trinajstić information content (AvgIpc) is 2.86. The van der Waals surface area contributed by atoms with Crippen LogP contribution in [0.2, 0.25) is 0 Å². The number of thiazole rings is 1. The van der Waals surface area contributed by atoms with Crippen molar-refractivity contribution in [1.29, 1.82) is 5.26 Å². The number of fused-ring (bicyclic) bond motifs is 1. The summed E-state index contributed by atoms with van der Waals surface area (Å²) in [5.41, 5.74) is 4.12. The SMILES string of the molecule is C/C(CSc1nc2ccccc2s1)=N\NC(=O)CC#N. The Morgan fingerprint density at radius 1 is 1.55 bits per heavy atom. The predicted molar refractivity (Wildman–Crippen MR) is 81.8 cm³/mol. The van der Waals surface area contributed by atoms with E-state index in [9.17, 15) is 4.79 Å². The molecule has 5 nitrogen and oxygen atoms in total. The minimum atomic E-state index is -0.392. The quantitative estimate of drug-likeness (QED) is 0.523. The van der Waals surface area contributed by atoms with Crippen LogP contribution in [0.15, 0.2) is 33.7 Å². The molecule has 0 radical (unpaired) electrons. The highest BCUT2D eigenvalue weighted by atomic mass is 32.2. The van der Waals surface area contributed by atoms with Gasteiger partial charge in [-0.2, -0.15) is 10.4 Å². The zero-order valence-electron chi connectivity index (χ0n) is 10.8. The summed E-state index contributed by atoms with van der Waals surface area (Å²) in [6.07, 6.45) is -0.179. The summed E-state index contributed by atoms with van der Waals surface area (Å²) in [5.74, 6) is 0.254. The van der Waals surface area contributed by atoms with Crippen LogP contribution in [0, 0.1) is 11.3 Å². The van der Waals surface area contributed by atoms with E-state index in [-0.39, 0.29) is 6.42 Å². The van der Waals surface area contributed by atoms with E-state index >= 15 is 0 Å². The first-order chi connectivity index (χ1) is 9.69. The van der Waals surface area contributed by atoms with Crippen LogP contribution in [0.4, 0.5) is 0 Å². The first kappa shape index (κ1) is 14.5. The summed E-state index contributed by atoms with van der Waals surface area (Å²) in [5, 5.41) is 12.3. The first-order valence-corrected chi connectivity index (χ1v) is 7.66. The molecule has 0 atom stereocenters. The molecule has 0 bridgehead atoms. The minimum absolute atomic E-state index is 0.179. The van der Waals surface area contributed by atoms with Crippen molar-refractivity contribution in [2.24, 2.45) is 5.10 Å². The molecule has 0 fully saturated rings.